The highest BCUT2D eigenvalue weighted by atomic mass is 32.1. The minimum absolute atomic E-state index is 0.0164. The molecule has 4 rings (SSSR count). The van der Waals surface area contributed by atoms with Crippen molar-refractivity contribution in [1.82, 2.24) is 4.98 Å². The lowest BCUT2D eigenvalue weighted by Gasteiger charge is -2.04. The quantitative estimate of drug-likeness (QED) is 0.393. The van der Waals surface area contributed by atoms with E-state index in [1.807, 2.05) is 12.1 Å². The number of ether oxygens (including phenoxy) is 1. The molecule has 0 spiro atoms. The van der Waals surface area contributed by atoms with Crippen molar-refractivity contribution in [3.8, 4) is 28.8 Å². The molecule has 2 aromatic carbocycles. The van der Waals surface area contributed by atoms with Crippen LogP contribution in [0, 0.1) is 11.3 Å². The second kappa shape index (κ2) is 7.62. The Balaban J connectivity index is 1.74. The number of nitriles is 1. The van der Waals surface area contributed by atoms with Crippen molar-refractivity contribution in [3.63, 3.8) is 0 Å². The standard InChI is InChI=1S/C22H14N2O4S/c1-27-20-9-13(6-7-18(20)25)8-15(11-23)21-24-17(12-29-21)16-10-14-4-2-3-5-19(14)28-22(16)26/h2-10,12,25H,1H3/b15-8+. The zero-order valence-electron chi connectivity index (χ0n) is 15.2. The topological polar surface area (TPSA) is 96.4 Å². The molecule has 2 heterocycles. The minimum atomic E-state index is -0.480. The highest BCUT2D eigenvalue weighted by molar-refractivity contribution is 7.11. The lowest BCUT2D eigenvalue weighted by atomic mass is 10.1. The van der Waals surface area contributed by atoms with Crippen LogP contribution in [0.25, 0.3) is 33.9 Å². The summed E-state index contributed by atoms with van der Waals surface area (Å²) in [6, 6.07) is 15.9. The van der Waals surface area contributed by atoms with Gasteiger partial charge in [0.25, 0.3) is 0 Å². The Morgan fingerprint density at radius 2 is 2.10 bits per heavy atom. The molecular formula is C22H14N2O4S. The van der Waals surface area contributed by atoms with Crippen LogP contribution in [-0.4, -0.2) is 17.2 Å². The molecule has 0 radical (unpaired) electrons. The zero-order chi connectivity index (χ0) is 20.4. The Morgan fingerprint density at radius 1 is 1.28 bits per heavy atom. The average molecular weight is 402 g/mol. The van der Waals surface area contributed by atoms with Gasteiger partial charge in [-0.05, 0) is 35.9 Å². The number of phenolic OH excluding ortho intramolecular Hbond substituents is 1. The molecule has 0 amide bonds. The highest BCUT2D eigenvalue weighted by Gasteiger charge is 2.14. The molecule has 0 fully saturated rings. The fourth-order valence-electron chi connectivity index (χ4n) is 2.85. The summed E-state index contributed by atoms with van der Waals surface area (Å²) in [5.74, 6) is 0.326. The van der Waals surface area contributed by atoms with Crippen molar-refractivity contribution in [2.24, 2.45) is 0 Å². The van der Waals surface area contributed by atoms with Gasteiger partial charge in [-0.2, -0.15) is 5.26 Å². The second-order valence-electron chi connectivity index (χ2n) is 6.12. The number of hydrogen-bond donors (Lipinski definition) is 1. The van der Waals surface area contributed by atoms with Crippen LogP contribution < -0.4 is 10.4 Å². The molecule has 0 bridgehead atoms. The fraction of sp³-hybridized carbons (Fsp3) is 0.0455. The number of thiazole rings is 1. The van der Waals surface area contributed by atoms with E-state index in [2.05, 4.69) is 11.1 Å². The Labute approximate surface area is 169 Å². The summed E-state index contributed by atoms with van der Waals surface area (Å²) in [6.45, 7) is 0. The van der Waals surface area contributed by atoms with Crippen molar-refractivity contribution >= 4 is 34.0 Å². The molecule has 142 valence electrons. The van der Waals surface area contributed by atoms with E-state index >= 15 is 0 Å². The molecule has 0 saturated carbocycles. The maximum Gasteiger partial charge on any atom is 0.345 e. The number of methoxy groups -OCH3 is 1. The average Bonchev–Trinajstić information content (AvgIpc) is 3.22. The van der Waals surface area contributed by atoms with Crippen LogP contribution in [0.5, 0.6) is 11.5 Å². The van der Waals surface area contributed by atoms with Gasteiger partial charge in [0.05, 0.1) is 23.9 Å². The van der Waals surface area contributed by atoms with Crippen LogP contribution in [0.15, 0.2) is 63.1 Å². The Kier molecular flexibility index (Phi) is 4.85. The van der Waals surface area contributed by atoms with Gasteiger partial charge in [0, 0.05) is 10.8 Å². The highest BCUT2D eigenvalue weighted by Crippen LogP contribution is 2.30. The van der Waals surface area contributed by atoms with Gasteiger partial charge in [-0.25, -0.2) is 9.78 Å². The first-order chi connectivity index (χ1) is 14.1. The van der Waals surface area contributed by atoms with Gasteiger partial charge in [-0.3, -0.25) is 0 Å². The predicted octanol–water partition coefficient (Wildman–Crippen LogP) is 4.69. The largest absolute Gasteiger partial charge is 0.504 e. The second-order valence-corrected chi connectivity index (χ2v) is 6.98. The Morgan fingerprint density at radius 3 is 2.90 bits per heavy atom. The van der Waals surface area contributed by atoms with Crippen molar-refractivity contribution in [1.29, 1.82) is 5.26 Å². The summed E-state index contributed by atoms with van der Waals surface area (Å²) in [6.07, 6.45) is 1.65. The number of para-hydroxylation sites is 1. The summed E-state index contributed by atoms with van der Waals surface area (Å²) in [4.78, 5) is 16.8. The maximum absolute atomic E-state index is 12.4. The molecule has 2 aromatic heterocycles. The molecule has 0 atom stereocenters. The van der Waals surface area contributed by atoms with Gasteiger partial charge in [0.1, 0.15) is 16.7 Å². The predicted molar refractivity (Wildman–Crippen MR) is 112 cm³/mol. The van der Waals surface area contributed by atoms with Crippen LogP contribution in [0.1, 0.15) is 10.6 Å². The first-order valence-corrected chi connectivity index (χ1v) is 9.45. The van der Waals surface area contributed by atoms with Crippen LogP contribution in [-0.2, 0) is 0 Å². The smallest absolute Gasteiger partial charge is 0.345 e. The van der Waals surface area contributed by atoms with E-state index in [0.717, 1.165) is 5.39 Å². The van der Waals surface area contributed by atoms with E-state index in [4.69, 9.17) is 9.15 Å². The molecule has 7 heteroatoms. The Hall–Kier alpha value is -3.89. The molecule has 1 N–H and O–H groups in total. The molecule has 0 aliphatic carbocycles. The molecule has 4 aromatic rings. The van der Waals surface area contributed by atoms with Crippen LogP contribution >= 0.6 is 11.3 Å². The van der Waals surface area contributed by atoms with Crippen molar-refractivity contribution in [3.05, 3.63) is 74.9 Å². The normalized spacial score (nSPS) is 11.4. The molecule has 29 heavy (non-hydrogen) atoms. The third-order valence-corrected chi connectivity index (χ3v) is 5.16. The van der Waals surface area contributed by atoms with E-state index in [0.29, 0.717) is 38.7 Å². The number of fused-ring (bicyclic) bond motifs is 1. The maximum atomic E-state index is 12.4. The minimum Gasteiger partial charge on any atom is -0.504 e. The van der Waals surface area contributed by atoms with Crippen molar-refractivity contribution in [2.45, 2.75) is 0 Å². The summed E-state index contributed by atoms with van der Waals surface area (Å²) in [5, 5.41) is 22.3. The Bertz CT molecular complexity index is 1340. The summed E-state index contributed by atoms with van der Waals surface area (Å²) in [7, 11) is 1.45. The summed E-state index contributed by atoms with van der Waals surface area (Å²) < 4.78 is 10.5. The molecule has 0 unspecified atom stereocenters. The van der Waals surface area contributed by atoms with E-state index in [9.17, 15) is 15.2 Å². The number of allylic oxidation sites excluding steroid dienone is 1. The van der Waals surface area contributed by atoms with E-state index in [1.54, 1.807) is 41.8 Å². The van der Waals surface area contributed by atoms with Gasteiger partial charge in [-0.15, -0.1) is 11.3 Å². The molecular weight excluding hydrogens is 388 g/mol. The number of aromatic nitrogens is 1. The number of rotatable bonds is 4. The molecule has 0 saturated heterocycles. The van der Waals surface area contributed by atoms with Crippen LogP contribution in [0.2, 0.25) is 0 Å². The fourth-order valence-corrected chi connectivity index (χ4v) is 3.64. The van der Waals surface area contributed by atoms with Crippen LogP contribution in [0.3, 0.4) is 0 Å². The van der Waals surface area contributed by atoms with Crippen molar-refractivity contribution < 1.29 is 14.3 Å². The first kappa shape index (κ1) is 18.5. The molecule has 6 nitrogen and oxygen atoms in total. The van der Waals surface area contributed by atoms with Gasteiger partial charge < -0.3 is 14.3 Å². The first-order valence-electron chi connectivity index (χ1n) is 8.57. The van der Waals surface area contributed by atoms with E-state index < -0.39 is 5.63 Å². The third-order valence-electron chi connectivity index (χ3n) is 4.29. The monoisotopic (exact) mass is 402 g/mol. The number of nitrogens with zero attached hydrogens (tertiary/aromatic N) is 2. The van der Waals surface area contributed by atoms with Gasteiger partial charge in [0.15, 0.2) is 11.5 Å². The zero-order valence-corrected chi connectivity index (χ0v) is 16.1. The third kappa shape index (κ3) is 3.61. The van der Waals surface area contributed by atoms with Crippen molar-refractivity contribution in [2.75, 3.05) is 7.11 Å². The number of hydrogen-bond acceptors (Lipinski definition) is 7. The van der Waals surface area contributed by atoms with Crippen LogP contribution in [0.4, 0.5) is 0 Å². The van der Waals surface area contributed by atoms with E-state index in [-0.39, 0.29) is 5.75 Å². The summed E-state index contributed by atoms with van der Waals surface area (Å²) >= 11 is 1.26. The number of phenols is 1. The lowest BCUT2D eigenvalue weighted by Crippen LogP contribution is -2.02. The SMILES string of the molecule is COc1cc(/C=C(\C#N)c2nc(-c3cc4ccccc4oc3=O)cs2)ccc1O. The number of aromatic hydroxyl groups is 1. The van der Waals surface area contributed by atoms with E-state index in [1.165, 1.54) is 24.5 Å². The van der Waals surface area contributed by atoms with Gasteiger partial charge in [-0.1, -0.05) is 24.3 Å². The molecule has 0 aliphatic rings. The molecule has 0 aliphatic heterocycles. The number of benzene rings is 2. The lowest BCUT2D eigenvalue weighted by molar-refractivity contribution is 0.373. The summed E-state index contributed by atoms with van der Waals surface area (Å²) in [5.41, 5.74) is 1.84. The van der Waals surface area contributed by atoms with Gasteiger partial charge >= 0.3 is 5.63 Å². The van der Waals surface area contributed by atoms with Gasteiger partial charge in [0.2, 0.25) is 0 Å².